The average Bonchev–Trinajstić information content (AvgIpc) is 2.93. The summed E-state index contributed by atoms with van der Waals surface area (Å²) in [5.41, 5.74) is 2.93. The van der Waals surface area contributed by atoms with Crippen LogP contribution in [0.15, 0.2) is 29.3 Å². The highest BCUT2D eigenvalue weighted by Crippen LogP contribution is 2.15. The van der Waals surface area contributed by atoms with Gasteiger partial charge in [-0.3, -0.25) is 4.99 Å². The van der Waals surface area contributed by atoms with Crippen molar-refractivity contribution in [2.24, 2.45) is 4.99 Å². The van der Waals surface area contributed by atoms with Crippen LogP contribution in [0.3, 0.4) is 0 Å². The fourth-order valence-electron chi connectivity index (χ4n) is 2.32. The SMILES string of the molecule is CN=C(NCc1ccc(NC(=O)NC(C)C)cc1)NCc1nc(C)c(C)s1. The van der Waals surface area contributed by atoms with Gasteiger partial charge < -0.3 is 21.3 Å². The van der Waals surface area contributed by atoms with Crippen LogP contribution < -0.4 is 21.3 Å². The van der Waals surface area contributed by atoms with E-state index >= 15 is 0 Å². The predicted octanol–water partition coefficient (Wildman–Crippen LogP) is 3.16. The van der Waals surface area contributed by atoms with E-state index in [9.17, 15) is 4.79 Å². The van der Waals surface area contributed by atoms with E-state index in [4.69, 9.17) is 0 Å². The molecule has 1 heterocycles. The number of aryl methyl sites for hydroxylation is 2. The van der Waals surface area contributed by atoms with Gasteiger partial charge in [-0.2, -0.15) is 0 Å². The molecule has 0 spiro atoms. The molecule has 2 aromatic rings. The third-order valence-electron chi connectivity index (χ3n) is 3.80. The molecule has 0 unspecified atom stereocenters. The van der Waals surface area contributed by atoms with E-state index < -0.39 is 0 Å². The molecule has 8 heteroatoms. The van der Waals surface area contributed by atoms with Gasteiger partial charge in [-0.15, -0.1) is 11.3 Å². The smallest absolute Gasteiger partial charge is 0.319 e. The fraction of sp³-hybridized carbons (Fsp3) is 0.421. The van der Waals surface area contributed by atoms with Gasteiger partial charge in [-0.05, 0) is 45.4 Å². The second kappa shape index (κ2) is 9.91. The van der Waals surface area contributed by atoms with Gasteiger partial charge in [-0.1, -0.05) is 12.1 Å². The van der Waals surface area contributed by atoms with Crippen LogP contribution in [0.2, 0.25) is 0 Å². The number of hydrogen-bond donors (Lipinski definition) is 4. The lowest BCUT2D eigenvalue weighted by Gasteiger charge is -2.12. The Morgan fingerprint density at radius 1 is 1.15 bits per heavy atom. The number of thiazole rings is 1. The van der Waals surface area contributed by atoms with Crippen molar-refractivity contribution in [3.05, 3.63) is 45.4 Å². The number of nitrogens with zero attached hydrogens (tertiary/aromatic N) is 2. The number of aromatic nitrogens is 1. The highest BCUT2D eigenvalue weighted by Gasteiger charge is 2.06. The number of benzene rings is 1. The van der Waals surface area contributed by atoms with Crippen LogP contribution in [0.1, 0.15) is 35.0 Å². The van der Waals surface area contributed by atoms with Gasteiger partial charge in [0.15, 0.2) is 5.96 Å². The first-order valence-corrected chi connectivity index (χ1v) is 9.73. The molecule has 4 N–H and O–H groups in total. The molecule has 0 fully saturated rings. The average molecular weight is 389 g/mol. The van der Waals surface area contributed by atoms with Gasteiger partial charge in [-0.25, -0.2) is 9.78 Å². The van der Waals surface area contributed by atoms with Gasteiger partial charge in [0.25, 0.3) is 0 Å². The molecule has 0 saturated heterocycles. The van der Waals surface area contributed by atoms with Crippen LogP contribution in [0, 0.1) is 13.8 Å². The van der Waals surface area contributed by atoms with E-state index in [0.29, 0.717) is 13.1 Å². The molecule has 7 nitrogen and oxygen atoms in total. The zero-order valence-corrected chi connectivity index (χ0v) is 17.3. The number of carbonyl (C=O) groups excluding carboxylic acids is 1. The summed E-state index contributed by atoms with van der Waals surface area (Å²) in [6.45, 7) is 9.22. The molecule has 146 valence electrons. The van der Waals surface area contributed by atoms with Crippen LogP contribution >= 0.6 is 11.3 Å². The maximum Gasteiger partial charge on any atom is 0.319 e. The van der Waals surface area contributed by atoms with Gasteiger partial charge in [0.1, 0.15) is 5.01 Å². The quantitative estimate of drug-likeness (QED) is 0.452. The molecular weight excluding hydrogens is 360 g/mol. The van der Waals surface area contributed by atoms with Gasteiger partial charge >= 0.3 is 6.03 Å². The molecule has 2 amide bonds. The minimum atomic E-state index is -0.201. The number of nitrogens with one attached hydrogen (secondary N) is 4. The number of aliphatic imine (C=N–C) groups is 1. The first kappa shape index (κ1) is 20.7. The molecule has 0 radical (unpaired) electrons. The molecule has 2 rings (SSSR count). The lowest BCUT2D eigenvalue weighted by Crippen LogP contribution is -2.36. The summed E-state index contributed by atoms with van der Waals surface area (Å²) in [6, 6.07) is 7.61. The number of guanidine groups is 1. The third kappa shape index (κ3) is 6.90. The van der Waals surface area contributed by atoms with E-state index in [1.807, 2.05) is 45.0 Å². The van der Waals surface area contributed by atoms with Crippen LogP contribution in [0.4, 0.5) is 10.5 Å². The number of amides is 2. The Hall–Kier alpha value is -2.61. The molecule has 0 saturated carbocycles. The van der Waals surface area contributed by atoms with Crippen molar-refractivity contribution >= 4 is 29.0 Å². The van der Waals surface area contributed by atoms with E-state index in [-0.39, 0.29) is 12.1 Å². The standard InChI is InChI=1S/C19H28N6OS/c1-12(2)23-19(26)25-16-8-6-15(7-9-16)10-21-18(20-5)22-11-17-24-13(3)14(4)27-17/h6-9,12H,10-11H2,1-5H3,(H2,20,21,22)(H2,23,25,26). The molecule has 0 atom stereocenters. The van der Waals surface area contributed by atoms with Gasteiger partial charge in [0.2, 0.25) is 0 Å². The molecule has 1 aromatic heterocycles. The Morgan fingerprint density at radius 2 is 1.81 bits per heavy atom. The Kier molecular flexibility index (Phi) is 7.60. The van der Waals surface area contributed by atoms with Gasteiger partial charge in [0.05, 0.1) is 12.2 Å². The minimum absolute atomic E-state index is 0.102. The molecular formula is C19H28N6OS. The number of hydrogen-bond acceptors (Lipinski definition) is 4. The van der Waals surface area contributed by atoms with E-state index in [1.54, 1.807) is 18.4 Å². The van der Waals surface area contributed by atoms with Crippen LogP contribution in [-0.4, -0.2) is 30.1 Å². The van der Waals surface area contributed by atoms with E-state index in [2.05, 4.69) is 38.2 Å². The van der Waals surface area contributed by atoms with Crippen LogP contribution in [0.25, 0.3) is 0 Å². The summed E-state index contributed by atoms with van der Waals surface area (Å²) in [5.74, 6) is 0.721. The summed E-state index contributed by atoms with van der Waals surface area (Å²) in [6.07, 6.45) is 0. The molecule has 0 aliphatic heterocycles. The zero-order valence-electron chi connectivity index (χ0n) is 16.5. The van der Waals surface area contributed by atoms with Crippen molar-refractivity contribution in [2.75, 3.05) is 12.4 Å². The van der Waals surface area contributed by atoms with Crippen LogP contribution in [0.5, 0.6) is 0 Å². The summed E-state index contributed by atoms with van der Waals surface area (Å²) < 4.78 is 0. The number of carbonyl (C=O) groups is 1. The monoisotopic (exact) mass is 388 g/mol. The number of urea groups is 1. The molecule has 0 bridgehead atoms. The Bertz CT molecular complexity index is 762. The molecule has 27 heavy (non-hydrogen) atoms. The summed E-state index contributed by atoms with van der Waals surface area (Å²) in [7, 11) is 1.74. The first-order chi connectivity index (χ1) is 12.9. The van der Waals surface area contributed by atoms with Crippen molar-refractivity contribution in [3.8, 4) is 0 Å². The minimum Gasteiger partial charge on any atom is -0.352 e. The Labute approximate surface area is 164 Å². The lowest BCUT2D eigenvalue weighted by molar-refractivity contribution is 0.250. The highest BCUT2D eigenvalue weighted by atomic mass is 32.1. The van der Waals surface area contributed by atoms with Crippen molar-refractivity contribution < 1.29 is 4.79 Å². The topological polar surface area (TPSA) is 90.4 Å². The molecule has 1 aromatic carbocycles. The van der Waals surface area contributed by atoms with E-state index in [1.165, 1.54) is 4.88 Å². The molecule has 0 aliphatic rings. The highest BCUT2D eigenvalue weighted by molar-refractivity contribution is 7.11. The molecule has 0 aliphatic carbocycles. The zero-order chi connectivity index (χ0) is 19.8. The van der Waals surface area contributed by atoms with E-state index in [0.717, 1.165) is 27.9 Å². The predicted molar refractivity (Wildman–Crippen MR) is 112 cm³/mol. The third-order valence-corrected chi connectivity index (χ3v) is 4.87. The number of rotatable bonds is 6. The number of anilines is 1. The van der Waals surface area contributed by atoms with Crippen molar-refractivity contribution in [3.63, 3.8) is 0 Å². The first-order valence-electron chi connectivity index (χ1n) is 8.91. The normalized spacial score (nSPS) is 11.4. The summed E-state index contributed by atoms with van der Waals surface area (Å²) in [5, 5.41) is 13.2. The van der Waals surface area contributed by atoms with Crippen LogP contribution in [-0.2, 0) is 13.1 Å². The second-order valence-corrected chi connectivity index (χ2v) is 7.77. The maximum absolute atomic E-state index is 11.7. The Balaban J connectivity index is 1.81. The largest absolute Gasteiger partial charge is 0.352 e. The fourth-order valence-corrected chi connectivity index (χ4v) is 3.19. The maximum atomic E-state index is 11.7. The summed E-state index contributed by atoms with van der Waals surface area (Å²) >= 11 is 1.70. The van der Waals surface area contributed by atoms with Crippen molar-refractivity contribution in [1.82, 2.24) is 20.9 Å². The summed E-state index contributed by atoms with van der Waals surface area (Å²) in [4.78, 5) is 21.7. The van der Waals surface area contributed by atoms with Gasteiger partial charge in [0, 0.05) is 30.2 Å². The van der Waals surface area contributed by atoms with Crippen molar-refractivity contribution in [2.45, 2.75) is 46.8 Å². The second-order valence-electron chi connectivity index (χ2n) is 6.48. The van der Waals surface area contributed by atoms with Crippen molar-refractivity contribution in [1.29, 1.82) is 0 Å². The Morgan fingerprint density at radius 3 is 2.37 bits per heavy atom. The lowest BCUT2D eigenvalue weighted by atomic mass is 10.2.